The van der Waals surface area contributed by atoms with Crippen LogP contribution in [0.4, 0.5) is 4.39 Å². The molecule has 21 heavy (non-hydrogen) atoms. The van der Waals surface area contributed by atoms with Crippen LogP contribution in [-0.2, 0) is 9.53 Å². The van der Waals surface area contributed by atoms with Crippen LogP contribution in [0.2, 0.25) is 0 Å². The van der Waals surface area contributed by atoms with Gasteiger partial charge in [-0.05, 0) is 54.2 Å². The van der Waals surface area contributed by atoms with E-state index in [1.807, 2.05) is 0 Å². The zero-order chi connectivity index (χ0) is 15.4. The maximum absolute atomic E-state index is 13.6. The lowest BCUT2D eigenvalue weighted by molar-refractivity contribution is -0.149. The van der Waals surface area contributed by atoms with Gasteiger partial charge in [-0.2, -0.15) is 0 Å². The number of likely N-dealkylation sites (tertiary alicyclic amines) is 1. The molecule has 1 fully saturated rings. The molecule has 6 heteroatoms. The number of nitrogens with zero attached hydrogens (tertiary/aromatic N) is 1. The molecule has 0 saturated carbocycles. The summed E-state index contributed by atoms with van der Waals surface area (Å²) in [7, 11) is 0. The van der Waals surface area contributed by atoms with Crippen molar-refractivity contribution < 1.29 is 18.7 Å². The van der Waals surface area contributed by atoms with Gasteiger partial charge in [0.15, 0.2) is 0 Å². The van der Waals surface area contributed by atoms with Crippen molar-refractivity contribution in [1.82, 2.24) is 4.90 Å². The highest BCUT2D eigenvalue weighted by molar-refractivity contribution is 9.10. The molecule has 1 aliphatic rings. The molecule has 0 N–H and O–H groups in total. The summed E-state index contributed by atoms with van der Waals surface area (Å²) in [5, 5.41) is 0. The molecule has 1 aromatic carbocycles. The van der Waals surface area contributed by atoms with Gasteiger partial charge in [0, 0.05) is 6.54 Å². The number of amides is 1. The normalized spacial score (nSPS) is 18.4. The molecule has 0 aliphatic carbocycles. The standard InChI is InChI=1S/C15H17BrFNO3/c1-2-21-15(20)12-8-3-4-9-18(12)14(19)10-6-5-7-11(17)13(10)16/h5-7,12H,2-4,8-9H2,1H3. The van der Waals surface area contributed by atoms with E-state index in [0.29, 0.717) is 13.0 Å². The quantitative estimate of drug-likeness (QED) is 0.780. The molecule has 1 aromatic rings. The Balaban J connectivity index is 2.26. The molecule has 1 saturated heterocycles. The minimum Gasteiger partial charge on any atom is -0.464 e. The zero-order valence-electron chi connectivity index (χ0n) is 11.8. The maximum atomic E-state index is 13.6. The van der Waals surface area contributed by atoms with Gasteiger partial charge < -0.3 is 9.64 Å². The van der Waals surface area contributed by atoms with Gasteiger partial charge in [0.1, 0.15) is 11.9 Å². The molecule has 1 aliphatic heterocycles. The van der Waals surface area contributed by atoms with Crippen LogP contribution < -0.4 is 0 Å². The smallest absolute Gasteiger partial charge is 0.328 e. The first-order valence-electron chi connectivity index (χ1n) is 6.98. The Morgan fingerprint density at radius 3 is 2.90 bits per heavy atom. The largest absolute Gasteiger partial charge is 0.464 e. The highest BCUT2D eigenvalue weighted by Gasteiger charge is 2.34. The SMILES string of the molecule is CCOC(=O)C1CCCCN1C(=O)c1cccc(F)c1Br. The Hall–Kier alpha value is -1.43. The molecule has 1 atom stereocenters. The molecule has 2 rings (SSSR count). The first-order chi connectivity index (χ1) is 10.1. The second-order valence-corrected chi connectivity index (χ2v) is 5.66. The predicted molar refractivity (Wildman–Crippen MR) is 79.4 cm³/mol. The monoisotopic (exact) mass is 357 g/mol. The van der Waals surface area contributed by atoms with Crippen LogP contribution in [0.1, 0.15) is 36.5 Å². The van der Waals surface area contributed by atoms with Gasteiger partial charge in [-0.1, -0.05) is 6.07 Å². The van der Waals surface area contributed by atoms with Crippen LogP contribution in [0.3, 0.4) is 0 Å². The van der Waals surface area contributed by atoms with Crippen molar-refractivity contribution in [2.75, 3.05) is 13.2 Å². The van der Waals surface area contributed by atoms with Gasteiger partial charge in [-0.15, -0.1) is 0 Å². The first-order valence-corrected chi connectivity index (χ1v) is 7.77. The summed E-state index contributed by atoms with van der Waals surface area (Å²) in [5.41, 5.74) is 0.228. The van der Waals surface area contributed by atoms with Crippen molar-refractivity contribution in [3.05, 3.63) is 34.1 Å². The molecule has 4 nitrogen and oxygen atoms in total. The molecule has 0 radical (unpaired) electrons. The molecule has 1 amide bonds. The van der Waals surface area contributed by atoms with Crippen molar-refractivity contribution in [2.45, 2.75) is 32.2 Å². The molecule has 1 heterocycles. The third-order valence-corrected chi connectivity index (χ3v) is 4.31. The Morgan fingerprint density at radius 2 is 2.19 bits per heavy atom. The van der Waals surface area contributed by atoms with E-state index < -0.39 is 17.8 Å². The van der Waals surface area contributed by atoms with Crippen molar-refractivity contribution >= 4 is 27.8 Å². The van der Waals surface area contributed by atoms with E-state index in [9.17, 15) is 14.0 Å². The number of ether oxygens (including phenoxy) is 1. The third-order valence-electron chi connectivity index (χ3n) is 3.50. The van der Waals surface area contributed by atoms with Gasteiger partial charge in [0.25, 0.3) is 5.91 Å². The fourth-order valence-corrected chi connectivity index (χ4v) is 2.92. The molecule has 1 unspecified atom stereocenters. The number of hydrogen-bond acceptors (Lipinski definition) is 3. The number of esters is 1. The van der Waals surface area contributed by atoms with Crippen molar-refractivity contribution in [3.8, 4) is 0 Å². The Kier molecular flexibility index (Phi) is 5.33. The van der Waals surface area contributed by atoms with Gasteiger partial charge in [-0.25, -0.2) is 9.18 Å². The van der Waals surface area contributed by atoms with Crippen molar-refractivity contribution in [2.24, 2.45) is 0 Å². The van der Waals surface area contributed by atoms with Crippen molar-refractivity contribution in [3.63, 3.8) is 0 Å². The minimum absolute atomic E-state index is 0.128. The van der Waals surface area contributed by atoms with Gasteiger partial charge in [0.05, 0.1) is 16.6 Å². The van der Waals surface area contributed by atoms with Crippen LogP contribution in [0.5, 0.6) is 0 Å². The number of hydrogen-bond donors (Lipinski definition) is 0. The third kappa shape index (κ3) is 3.43. The van der Waals surface area contributed by atoms with E-state index in [2.05, 4.69) is 15.9 Å². The Labute approximate surface area is 131 Å². The topological polar surface area (TPSA) is 46.6 Å². The molecule has 114 valence electrons. The summed E-state index contributed by atoms with van der Waals surface area (Å²) in [6.45, 7) is 2.49. The second-order valence-electron chi connectivity index (χ2n) is 4.86. The second kappa shape index (κ2) is 7.02. The predicted octanol–water partition coefficient (Wildman–Crippen LogP) is 3.15. The summed E-state index contributed by atoms with van der Waals surface area (Å²) in [6.07, 6.45) is 2.28. The summed E-state index contributed by atoms with van der Waals surface area (Å²) in [4.78, 5) is 26.1. The summed E-state index contributed by atoms with van der Waals surface area (Å²) in [6, 6.07) is 3.73. The Morgan fingerprint density at radius 1 is 1.43 bits per heavy atom. The average molecular weight is 358 g/mol. The average Bonchev–Trinajstić information content (AvgIpc) is 2.49. The number of rotatable bonds is 3. The lowest BCUT2D eigenvalue weighted by Crippen LogP contribution is -2.48. The van der Waals surface area contributed by atoms with E-state index in [4.69, 9.17) is 4.74 Å². The number of carbonyl (C=O) groups excluding carboxylic acids is 2. The fraction of sp³-hybridized carbons (Fsp3) is 0.467. The lowest BCUT2D eigenvalue weighted by Gasteiger charge is -2.34. The summed E-state index contributed by atoms with van der Waals surface area (Å²) in [5.74, 6) is -1.23. The van der Waals surface area contributed by atoms with E-state index in [1.54, 1.807) is 13.0 Å². The Bertz CT molecular complexity index is 550. The molecular weight excluding hydrogens is 341 g/mol. The van der Waals surface area contributed by atoms with Crippen LogP contribution in [0.15, 0.2) is 22.7 Å². The van der Waals surface area contributed by atoms with Crippen LogP contribution in [-0.4, -0.2) is 36.0 Å². The summed E-state index contributed by atoms with van der Waals surface area (Å²) >= 11 is 3.10. The molecule has 0 spiro atoms. The number of carbonyl (C=O) groups is 2. The van der Waals surface area contributed by atoms with Gasteiger partial charge >= 0.3 is 5.97 Å². The van der Waals surface area contributed by atoms with E-state index >= 15 is 0 Å². The number of halogens is 2. The van der Waals surface area contributed by atoms with Crippen molar-refractivity contribution in [1.29, 1.82) is 0 Å². The summed E-state index contributed by atoms with van der Waals surface area (Å²) < 4.78 is 18.7. The van der Waals surface area contributed by atoms with Crippen LogP contribution in [0, 0.1) is 5.82 Å². The van der Waals surface area contributed by atoms with E-state index in [1.165, 1.54) is 17.0 Å². The fourth-order valence-electron chi connectivity index (χ4n) is 2.48. The molecule has 0 bridgehead atoms. The molecular formula is C15H17BrFNO3. The van der Waals surface area contributed by atoms with Crippen LogP contribution in [0.25, 0.3) is 0 Å². The maximum Gasteiger partial charge on any atom is 0.328 e. The minimum atomic E-state index is -0.582. The van der Waals surface area contributed by atoms with E-state index in [0.717, 1.165) is 12.8 Å². The van der Waals surface area contributed by atoms with Crippen LogP contribution >= 0.6 is 15.9 Å². The first kappa shape index (κ1) is 15.9. The number of piperidine rings is 1. The molecule has 0 aromatic heterocycles. The number of benzene rings is 1. The lowest BCUT2D eigenvalue weighted by atomic mass is 10.0. The highest BCUT2D eigenvalue weighted by Crippen LogP contribution is 2.26. The zero-order valence-corrected chi connectivity index (χ0v) is 13.4. The van der Waals surface area contributed by atoms with Gasteiger partial charge in [-0.3, -0.25) is 4.79 Å². The van der Waals surface area contributed by atoms with Gasteiger partial charge in [0.2, 0.25) is 0 Å². The highest BCUT2D eigenvalue weighted by atomic mass is 79.9. The van der Waals surface area contributed by atoms with E-state index in [-0.39, 0.29) is 22.6 Å².